The van der Waals surface area contributed by atoms with E-state index in [1.165, 1.54) is 0 Å². The highest BCUT2D eigenvalue weighted by Crippen LogP contribution is 2.45. The summed E-state index contributed by atoms with van der Waals surface area (Å²) in [6.07, 6.45) is 1.63. The lowest BCUT2D eigenvalue weighted by Crippen LogP contribution is -2.38. The molecule has 0 atom stereocenters. The van der Waals surface area contributed by atoms with Crippen molar-refractivity contribution in [1.82, 2.24) is 14.8 Å². The Morgan fingerprint density at radius 2 is 1.36 bits per heavy atom. The molecule has 1 aliphatic heterocycles. The molecule has 0 radical (unpaired) electrons. The van der Waals surface area contributed by atoms with Gasteiger partial charge < -0.3 is 14.4 Å². The number of nitrogens with zero attached hydrogens (tertiary/aromatic N) is 4. The maximum absolute atomic E-state index is 16.0. The van der Waals surface area contributed by atoms with Gasteiger partial charge in [0, 0.05) is 36.3 Å². The molecule has 0 bridgehead atoms. The molecule has 7 heteroatoms. The summed E-state index contributed by atoms with van der Waals surface area (Å²) in [5.41, 5.74) is 4.36. The van der Waals surface area contributed by atoms with Crippen LogP contribution in [0.25, 0.3) is 22.2 Å². The molecule has 226 valence electrons. The van der Waals surface area contributed by atoms with Crippen molar-refractivity contribution in [1.29, 1.82) is 0 Å². The monoisotopic (exact) mass is 598 g/mol. The fraction of sp³-hybridized carbons (Fsp3) is 0.211. The molecule has 0 N–H and O–H groups in total. The molecule has 7 rings (SSSR count). The van der Waals surface area contributed by atoms with Crippen LogP contribution in [0.15, 0.2) is 121 Å². The average Bonchev–Trinajstić information content (AvgIpc) is 3.45. The van der Waals surface area contributed by atoms with Gasteiger partial charge in [0.25, 0.3) is 0 Å². The van der Waals surface area contributed by atoms with Gasteiger partial charge in [-0.25, -0.2) is 14.1 Å². The zero-order valence-corrected chi connectivity index (χ0v) is 25.4. The van der Waals surface area contributed by atoms with Crippen molar-refractivity contribution in [3.8, 4) is 17.0 Å². The molecule has 1 saturated heterocycles. The second-order valence-corrected chi connectivity index (χ2v) is 11.5. The number of rotatable bonds is 8. The van der Waals surface area contributed by atoms with Gasteiger partial charge in [0.1, 0.15) is 17.1 Å². The number of hydrogen-bond acceptors (Lipinski definition) is 5. The molecule has 0 aliphatic carbocycles. The number of morpholine rings is 1. The van der Waals surface area contributed by atoms with Gasteiger partial charge in [-0.1, -0.05) is 91.0 Å². The first-order valence-corrected chi connectivity index (χ1v) is 15.4. The molecule has 6 nitrogen and oxygen atoms in total. The third kappa shape index (κ3) is 5.23. The van der Waals surface area contributed by atoms with Crippen LogP contribution in [0.4, 0.5) is 10.2 Å². The normalized spacial score (nSPS) is 13.8. The minimum Gasteiger partial charge on any atom is -0.488 e. The van der Waals surface area contributed by atoms with Crippen molar-refractivity contribution in [2.24, 2.45) is 0 Å². The third-order valence-electron chi connectivity index (χ3n) is 8.34. The molecule has 1 aliphatic rings. The quantitative estimate of drug-likeness (QED) is 0.168. The Kier molecular flexibility index (Phi) is 7.78. The average molecular weight is 599 g/mol. The van der Waals surface area contributed by atoms with Gasteiger partial charge in [-0.2, -0.15) is 5.10 Å². The Morgan fingerprint density at radius 3 is 1.91 bits per heavy atom. The summed E-state index contributed by atoms with van der Waals surface area (Å²) in [7, 11) is 0. The Hall–Kier alpha value is -5.01. The van der Waals surface area contributed by atoms with E-state index in [9.17, 15) is 0 Å². The van der Waals surface area contributed by atoms with Crippen LogP contribution in [-0.4, -0.2) is 47.2 Å². The first kappa shape index (κ1) is 28.7. The smallest absolute Gasteiger partial charge is 0.167 e. The topological polar surface area (TPSA) is 52.4 Å². The van der Waals surface area contributed by atoms with Crippen molar-refractivity contribution in [2.75, 3.05) is 31.2 Å². The number of halogens is 1. The largest absolute Gasteiger partial charge is 0.488 e. The maximum Gasteiger partial charge on any atom is 0.167 e. The molecule has 0 amide bonds. The highest BCUT2D eigenvalue weighted by atomic mass is 19.1. The lowest BCUT2D eigenvalue weighted by atomic mass is 9.77. The van der Waals surface area contributed by atoms with Gasteiger partial charge in [0.15, 0.2) is 11.6 Å². The number of aromatic nitrogens is 3. The molecule has 2 aromatic heterocycles. The second-order valence-electron chi connectivity index (χ2n) is 11.5. The van der Waals surface area contributed by atoms with E-state index in [1.807, 2.05) is 85.4 Å². The number of ether oxygens (including phenoxy) is 2. The predicted molar refractivity (Wildman–Crippen MR) is 176 cm³/mol. The van der Waals surface area contributed by atoms with Gasteiger partial charge in [0.2, 0.25) is 0 Å². The van der Waals surface area contributed by atoms with Crippen LogP contribution < -0.4 is 9.64 Å². The van der Waals surface area contributed by atoms with E-state index in [0.29, 0.717) is 18.7 Å². The number of anilines is 1. The summed E-state index contributed by atoms with van der Waals surface area (Å²) in [6, 6.07) is 38.3. The molecule has 1 fully saturated rings. The van der Waals surface area contributed by atoms with E-state index in [4.69, 9.17) is 14.6 Å². The first-order chi connectivity index (χ1) is 22.1. The molecule has 4 aromatic carbocycles. The minimum absolute atomic E-state index is 0.193. The van der Waals surface area contributed by atoms with E-state index < -0.39 is 11.4 Å². The highest BCUT2D eigenvalue weighted by Gasteiger charge is 2.41. The van der Waals surface area contributed by atoms with Crippen LogP contribution >= 0.6 is 0 Å². The lowest BCUT2D eigenvalue weighted by molar-refractivity contribution is 0.122. The number of pyridine rings is 1. The predicted octanol–water partition coefficient (Wildman–Crippen LogP) is 7.70. The Morgan fingerprint density at radius 1 is 0.778 bits per heavy atom. The number of hydrogen-bond donors (Lipinski definition) is 0. The Labute approximate surface area is 262 Å². The van der Waals surface area contributed by atoms with Crippen LogP contribution in [0.1, 0.15) is 30.5 Å². The van der Waals surface area contributed by atoms with Crippen LogP contribution in [0, 0.1) is 5.82 Å². The SMILES string of the molecule is CC(C)Oc1cc2c(-c3ccnc(N4CCOCC4)c3)nn(C(c3ccccc3)(c3ccccc3)c3ccccc3)c2cc1F. The van der Waals surface area contributed by atoms with Crippen LogP contribution in [-0.2, 0) is 10.3 Å². The Bertz CT molecular complexity index is 1810. The molecule has 45 heavy (non-hydrogen) atoms. The zero-order chi connectivity index (χ0) is 30.8. The third-order valence-corrected chi connectivity index (χ3v) is 8.34. The fourth-order valence-corrected chi connectivity index (χ4v) is 6.36. The van der Waals surface area contributed by atoms with E-state index in [1.54, 1.807) is 12.1 Å². The van der Waals surface area contributed by atoms with Gasteiger partial charge in [0.05, 0.1) is 24.8 Å². The zero-order valence-electron chi connectivity index (χ0n) is 25.4. The summed E-state index contributed by atoms with van der Waals surface area (Å²) in [5.74, 6) is 0.626. The number of benzene rings is 4. The van der Waals surface area contributed by atoms with Crippen LogP contribution in [0.5, 0.6) is 5.75 Å². The fourth-order valence-electron chi connectivity index (χ4n) is 6.36. The van der Waals surface area contributed by atoms with Crippen molar-refractivity contribution < 1.29 is 13.9 Å². The van der Waals surface area contributed by atoms with Crippen molar-refractivity contribution >= 4 is 16.7 Å². The Balaban J connectivity index is 1.57. The molecular weight excluding hydrogens is 563 g/mol. The van der Waals surface area contributed by atoms with Crippen molar-refractivity contribution in [2.45, 2.75) is 25.5 Å². The molecular formula is C38H35FN4O2. The number of fused-ring (bicyclic) bond motifs is 1. The second kappa shape index (κ2) is 12.2. The summed E-state index contributed by atoms with van der Waals surface area (Å²) in [4.78, 5) is 6.91. The van der Waals surface area contributed by atoms with Crippen molar-refractivity contribution in [3.05, 3.63) is 144 Å². The van der Waals surface area contributed by atoms with E-state index in [2.05, 4.69) is 52.3 Å². The van der Waals surface area contributed by atoms with E-state index >= 15 is 4.39 Å². The maximum atomic E-state index is 16.0. The molecule has 0 spiro atoms. The van der Waals surface area contributed by atoms with Gasteiger partial charge >= 0.3 is 0 Å². The summed E-state index contributed by atoms with van der Waals surface area (Å²) in [6.45, 7) is 6.65. The standard InChI is InChI=1S/C38H35FN4O2/c1-27(2)45-35-25-32-34(26-33(35)39)43(41-37(32)28-18-19-40-36(24-28)42-20-22-44-23-21-42)38(29-12-6-3-7-13-29,30-14-8-4-9-15-30)31-16-10-5-11-17-31/h3-19,24-27H,20-23H2,1-2H3. The van der Waals surface area contributed by atoms with Crippen LogP contribution in [0.3, 0.4) is 0 Å². The first-order valence-electron chi connectivity index (χ1n) is 15.4. The van der Waals surface area contributed by atoms with Gasteiger partial charge in [-0.15, -0.1) is 0 Å². The summed E-state index contributed by atoms with van der Waals surface area (Å²) in [5, 5.41) is 6.22. The molecule has 3 heterocycles. The summed E-state index contributed by atoms with van der Waals surface area (Å²) >= 11 is 0. The molecule has 6 aromatic rings. The van der Waals surface area contributed by atoms with Crippen molar-refractivity contribution in [3.63, 3.8) is 0 Å². The van der Waals surface area contributed by atoms with E-state index in [-0.39, 0.29) is 11.9 Å². The molecule has 0 saturated carbocycles. The highest BCUT2D eigenvalue weighted by molar-refractivity contribution is 5.95. The summed E-state index contributed by atoms with van der Waals surface area (Å²) < 4.78 is 29.5. The molecule has 0 unspecified atom stereocenters. The van der Waals surface area contributed by atoms with Gasteiger partial charge in [-0.3, -0.25) is 0 Å². The lowest BCUT2D eigenvalue weighted by Gasteiger charge is -2.37. The minimum atomic E-state index is -0.923. The van der Waals surface area contributed by atoms with Gasteiger partial charge in [-0.05, 0) is 48.7 Å². The van der Waals surface area contributed by atoms with E-state index in [0.717, 1.165) is 52.2 Å². The van der Waals surface area contributed by atoms with Crippen LogP contribution in [0.2, 0.25) is 0 Å².